The van der Waals surface area contributed by atoms with E-state index in [-0.39, 0.29) is 17.9 Å². The smallest absolute Gasteiger partial charge is 0.280 e. The summed E-state index contributed by atoms with van der Waals surface area (Å²) in [5.74, 6) is -3.25. The number of fused-ring (bicyclic) bond motifs is 5. The lowest BCUT2D eigenvalue weighted by Gasteiger charge is -2.48. The van der Waals surface area contributed by atoms with Crippen molar-refractivity contribution in [2.45, 2.75) is 82.6 Å². The molecule has 0 radical (unpaired) electrons. The number of ether oxygens (including phenoxy) is 1. The number of hydrogen-bond acceptors (Lipinski definition) is 6. The zero-order valence-electron chi connectivity index (χ0n) is 24.1. The van der Waals surface area contributed by atoms with E-state index < -0.39 is 35.5 Å². The Morgan fingerprint density at radius 3 is 2.88 bits per heavy atom. The van der Waals surface area contributed by atoms with Crippen molar-refractivity contribution < 1.29 is 24.2 Å². The highest BCUT2D eigenvalue weighted by Crippen LogP contribution is 2.46. The fourth-order valence-corrected chi connectivity index (χ4v) is 7.85. The van der Waals surface area contributed by atoms with Gasteiger partial charge in [-0.05, 0) is 74.8 Å². The molecule has 3 amide bonds. The third-order valence-electron chi connectivity index (χ3n) is 9.88. The average Bonchev–Trinajstić information content (AvgIpc) is 3.63. The van der Waals surface area contributed by atoms with Gasteiger partial charge in [-0.3, -0.25) is 28.9 Å². The van der Waals surface area contributed by atoms with E-state index in [4.69, 9.17) is 4.74 Å². The first-order valence-electron chi connectivity index (χ1n) is 14.9. The number of aromatic nitrogens is 1. The van der Waals surface area contributed by atoms with E-state index in [2.05, 4.69) is 47.4 Å². The lowest BCUT2D eigenvalue weighted by molar-refractivity contribution is -0.315. The number of piperazine rings is 1. The van der Waals surface area contributed by atoms with E-state index in [0.29, 0.717) is 31.8 Å². The molecule has 6 unspecified atom stereocenters. The summed E-state index contributed by atoms with van der Waals surface area (Å²) in [6.07, 6.45) is 7.36. The topological polar surface area (TPSA) is 118 Å². The number of benzene rings is 1. The van der Waals surface area contributed by atoms with E-state index in [1.807, 2.05) is 19.2 Å². The Bertz CT molecular complexity index is 1480. The summed E-state index contributed by atoms with van der Waals surface area (Å²) in [6, 6.07) is 4.86. The van der Waals surface area contributed by atoms with Gasteiger partial charge in [0.15, 0.2) is 0 Å². The predicted molar refractivity (Wildman–Crippen MR) is 152 cm³/mol. The molecule has 1 aromatic heterocycles. The Morgan fingerprint density at radius 1 is 1.29 bits per heavy atom. The molecular formula is C31H39N5O5. The van der Waals surface area contributed by atoms with Crippen LogP contribution in [-0.2, 0) is 25.5 Å². The molecule has 218 valence electrons. The van der Waals surface area contributed by atoms with Crippen LogP contribution in [0.1, 0.15) is 57.6 Å². The van der Waals surface area contributed by atoms with Crippen molar-refractivity contribution in [2.24, 2.45) is 11.8 Å². The molecule has 0 spiro atoms. The van der Waals surface area contributed by atoms with Gasteiger partial charge in [-0.1, -0.05) is 32.1 Å². The second-order valence-corrected chi connectivity index (χ2v) is 13.1. The van der Waals surface area contributed by atoms with Gasteiger partial charge in [-0.2, -0.15) is 0 Å². The summed E-state index contributed by atoms with van der Waals surface area (Å²) >= 11 is 0. The highest BCUT2D eigenvalue weighted by molar-refractivity contribution is 6.00. The third-order valence-corrected chi connectivity index (χ3v) is 9.88. The van der Waals surface area contributed by atoms with Crippen molar-refractivity contribution in [3.05, 3.63) is 41.6 Å². The number of amides is 3. The van der Waals surface area contributed by atoms with Crippen LogP contribution in [0.4, 0.5) is 0 Å². The summed E-state index contributed by atoms with van der Waals surface area (Å²) in [6.45, 7) is 6.64. The number of rotatable bonds is 5. The molecule has 0 bridgehead atoms. The normalized spacial score (nSPS) is 34.6. The molecule has 5 heterocycles. The Kier molecular flexibility index (Phi) is 5.95. The monoisotopic (exact) mass is 561 g/mol. The number of carbonyl (C=O) groups is 3. The van der Waals surface area contributed by atoms with Gasteiger partial charge in [0.1, 0.15) is 12.1 Å². The number of nitrogens with zero attached hydrogens (tertiary/aromatic N) is 3. The fraction of sp³-hybridized carbons (Fsp3) is 0.581. The van der Waals surface area contributed by atoms with E-state index in [1.165, 1.54) is 22.8 Å². The quantitative estimate of drug-likeness (QED) is 0.515. The Hall–Kier alpha value is -3.21. The molecule has 4 aliphatic heterocycles. The maximum absolute atomic E-state index is 14.0. The SMILES string of the molecule is CC(C)CCC1C(=O)N2CCCC2C2(O)OC(C)(NC(=O)C3C=C4c5cccc6[nH]cc(c56)CC4N(C)C3)C(=O)N12. The maximum atomic E-state index is 14.0. The lowest BCUT2D eigenvalue weighted by atomic mass is 9.79. The van der Waals surface area contributed by atoms with Gasteiger partial charge in [0, 0.05) is 36.2 Å². The number of H-pyrrole nitrogens is 1. The van der Waals surface area contributed by atoms with Crippen LogP contribution < -0.4 is 5.32 Å². The summed E-state index contributed by atoms with van der Waals surface area (Å²) in [7, 11) is 2.03. The van der Waals surface area contributed by atoms with Gasteiger partial charge in [-0.15, -0.1) is 0 Å². The van der Waals surface area contributed by atoms with Crippen molar-refractivity contribution in [1.82, 2.24) is 25.0 Å². The zero-order valence-corrected chi connectivity index (χ0v) is 24.1. The van der Waals surface area contributed by atoms with Crippen LogP contribution in [-0.4, -0.2) is 92.4 Å². The second-order valence-electron chi connectivity index (χ2n) is 13.1. The van der Waals surface area contributed by atoms with Crippen LogP contribution in [0.2, 0.25) is 0 Å². The zero-order chi connectivity index (χ0) is 28.8. The van der Waals surface area contributed by atoms with E-state index in [0.717, 1.165) is 35.9 Å². The maximum Gasteiger partial charge on any atom is 0.280 e. The number of aliphatic hydroxyl groups is 1. The summed E-state index contributed by atoms with van der Waals surface area (Å²) in [4.78, 5) is 49.9. The number of hydrogen-bond donors (Lipinski definition) is 3. The Balaban J connectivity index is 1.19. The number of aromatic amines is 1. The largest absolute Gasteiger partial charge is 0.361 e. The predicted octanol–water partition coefficient (Wildman–Crippen LogP) is 2.18. The summed E-state index contributed by atoms with van der Waals surface area (Å²) < 4.78 is 6.20. The molecule has 6 atom stereocenters. The van der Waals surface area contributed by atoms with Gasteiger partial charge in [0.25, 0.3) is 11.8 Å². The molecule has 3 saturated heterocycles. The Labute approximate surface area is 239 Å². The molecule has 10 heteroatoms. The molecule has 5 aliphatic rings. The van der Waals surface area contributed by atoms with Crippen molar-refractivity contribution in [2.75, 3.05) is 20.1 Å². The molecule has 0 saturated carbocycles. The highest BCUT2D eigenvalue weighted by Gasteiger charge is 2.69. The highest BCUT2D eigenvalue weighted by atomic mass is 16.7. The summed E-state index contributed by atoms with van der Waals surface area (Å²) in [5, 5.41) is 16.0. The molecule has 1 aliphatic carbocycles. The first-order chi connectivity index (χ1) is 19.5. The minimum atomic E-state index is -1.98. The van der Waals surface area contributed by atoms with Gasteiger partial charge < -0.3 is 20.3 Å². The molecule has 3 N–H and O–H groups in total. The fourth-order valence-electron chi connectivity index (χ4n) is 7.85. The van der Waals surface area contributed by atoms with E-state index in [9.17, 15) is 19.5 Å². The molecular weight excluding hydrogens is 522 g/mol. The van der Waals surface area contributed by atoms with Gasteiger partial charge in [-0.25, -0.2) is 0 Å². The molecule has 10 nitrogen and oxygen atoms in total. The minimum absolute atomic E-state index is 0.148. The number of carbonyl (C=O) groups excluding carboxylic acids is 3. The molecule has 3 fully saturated rings. The van der Waals surface area contributed by atoms with Gasteiger partial charge in [0.2, 0.25) is 17.5 Å². The van der Waals surface area contributed by atoms with Gasteiger partial charge >= 0.3 is 0 Å². The number of likely N-dealkylation sites (N-methyl/N-ethyl adjacent to an activating group) is 1. The van der Waals surface area contributed by atoms with Crippen molar-refractivity contribution in [3.63, 3.8) is 0 Å². The lowest BCUT2D eigenvalue weighted by Crippen LogP contribution is -2.71. The third kappa shape index (κ3) is 3.83. The summed E-state index contributed by atoms with van der Waals surface area (Å²) in [5.41, 5.74) is 2.79. The van der Waals surface area contributed by atoms with Crippen LogP contribution in [0.5, 0.6) is 0 Å². The van der Waals surface area contributed by atoms with Crippen molar-refractivity contribution in [3.8, 4) is 0 Å². The van der Waals surface area contributed by atoms with Crippen LogP contribution in [0.3, 0.4) is 0 Å². The molecule has 7 rings (SSSR count). The molecule has 1 aromatic carbocycles. The molecule has 41 heavy (non-hydrogen) atoms. The van der Waals surface area contributed by atoms with Crippen LogP contribution in [0.15, 0.2) is 30.5 Å². The Morgan fingerprint density at radius 2 is 2.10 bits per heavy atom. The first-order valence-corrected chi connectivity index (χ1v) is 14.9. The molecule has 2 aromatic rings. The van der Waals surface area contributed by atoms with Gasteiger partial charge in [0.05, 0.1) is 5.92 Å². The minimum Gasteiger partial charge on any atom is -0.361 e. The standard InChI is InChI=1S/C31H39N5O5/c1-17(2)10-11-23-28(38)35-12-6-9-25(35)31(40)36(23)29(39)30(3,41-31)33-27(37)19-13-21-20-7-5-8-22-26(20)18(15-32-22)14-24(21)34(4)16-19/h5,7-8,13,15,17,19,23-25,32,40H,6,9-12,14,16H2,1-4H3,(H,33,37). The first kappa shape index (κ1) is 26.7. The second kappa shape index (κ2) is 9.14. The van der Waals surface area contributed by atoms with Crippen LogP contribution >= 0.6 is 0 Å². The van der Waals surface area contributed by atoms with Crippen LogP contribution in [0.25, 0.3) is 16.5 Å². The van der Waals surface area contributed by atoms with E-state index >= 15 is 0 Å². The van der Waals surface area contributed by atoms with Crippen LogP contribution in [0, 0.1) is 11.8 Å². The van der Waals surface area contributed by atoms with E-state index in [1.54, 1.807) is 4.90 Å². The van der Waals surface area contributed by atoms with Crippen molar-refractivity contribution in [1.29, 1.82) is 0 Å². The van der Waals surface area contributed by atoms with Crippen molar-refractivity contribution >= 4 is 34.2 Å². The number of nitrogens with one attached hydrogen (secondary N) is 2. The average molecular weight is 562 g/mol.